The van der Waals surface area contributed by atoms with E-state index in [-0.39, 0.29) is 36.2 Å². The van der Waals surface area contributed by atoms with Gasteiger partial charge >= 0.3 is 29.6 Å². The minimum Gasteiger partial charge on any atom is -1.00 e. The van der Waals surface area contributed by atoms with Gasteiger partial charge in [0.25, 0.3) is 10.1 Å². The zero-order valence-electron chi connectivity index (χ0n) is 6.61. The Labute approximate surface area is 92.1 Å². The normalized spacial score (nSPS) is 10.7. The molecule has 1 heterocycles. The third-order valence-corrected chi connectivity index (χ3v) is 2.14. The quantitative estimate of drug-likeness (QED) is 0.439. The Bertz CT molecular complexity index is 335. The van der Waals surface area contributed by atoms with E-state index in [4.69, 9.17) is 16.2 Å². The van der Waals surface area contributed by atoms with E-state index in [1.54, 1.807) is 0 Å². The third kappa shape index (κ3) is 2.77. The maximum Gasteiger partial charge on any atom is 1.00 e. The van der Waals surface area contributed by atoms with Crippen molar-refractivity contribution >= 4 is 21.7 Å². The topological polar surface area (TPSA) is 67.5 Å². The molecule has 0 atom stereocenters. The summed E-state index contributed by atoms with van der Waals surface area (Å²) in [5.41, 5.74) is 0. The predicted molar refractivity (Wildman–Crippen MR) is 34.6 cm³/mol. The van der Waals surface area contributed by atoms with Gasteiger partial charge in [0, 0.05) is 0 Å². The van der Waals surface area contributed by atoms with Gasteiger partial charge in [-0.05, 0) is 17.7 Å². The van der Waals surface area contributed by atoms with Crippen molar-refractivity contribution in [3.05, 3.63) is 17.5 Å². The molecule has 58 valence electrons. The van der Waals surface area contributed by atoms with Crippen LogP contribution >= 0.6 is 11.6 Å². The van der Waals surface area contributed by atoms with Crippen molar-refractivity contribution in [1.82, 2.24) is 0 Å². The second-order valence-corrected chi connectivity index (χ2v) is 3.27. The van der Waals surface area contributed by atoms with Gasteiger partial charge in [-0.3, -0.25) is 4.55 Å². The molecule has 0 bridgehead atoms. The SMILES string of the molecule is O=S(=O)(O)c1ccoc1Cl.[H-].[Na+]. The minimum absolute atomic E-state index is 0. The summed E-state index contributed by atoms with van der Waals surface area (Å²) in [4.78, 5) is -0.408. The van der Waals surface area contributed by atoms with Crippen LogP contribution in [0, 0.1) is 0 Å². The van der Waals surface area contributed by atoms with E-state index in [1.165, 1.54) is 0 Å². The summed E-state index contributed by atoms with van der Waals surface area (Å²) in [7, 11) is -4.22. The second-order valence-electron chi connectivity index (χ2n) is 1.53. The molecule has 0 aliphatic carbocycles. The fraction of sp³-hybridized carbons (Fsp3) is 0. The molecule has 11 heavy (non-hydrogen) atoms. The van der Waals surface area contributed by atoms with Crippen LogP contribution < -0.4 is 29.6 Å². The number of rotatable bonds is 1. The van der Waals surface area contributed by atoms with Crippen LogP contribution in [0.5, 0.6) is 0 Å². The van der Waals surface area contributed by atoms with Gasteiger partial charge in [-0.25, -0.2) is 0 Å². The Morgan fingerprint density at radius 1 is 1.64 bits per heavy atom. The van der Waals surface area contributed by atoms with Crippen molar-refractivity contribution in [2.24, 2.45) is 0 Å². The van der Waals surface area contributed by atoms with Crippen molar-refractivity contribution in [1.29, 1.82) is 0 Å². The van der Waals surface area contributed by atoms with Crippen LogP contribution in [0.2, 0.25) is 5.22 Å². The molecule has 0 unspecified atom stereocenters. The number of halogens is 1. The Kier molecular flexibility index (Phi) is 4.10. The Hall–Kier alpha value is 0.480. The van der Waals surface area contributed by atoms with Gasteiger partial charge in [-0.2, -0.15) is 8.42 Å². The van der Waals surface area contributed by atoms with Crippen molar-refractivity contribution < 1.29 is 48.4 Å². The monoisotopic (exact) mass is 206 g/mol. The molecular weight excluding hydrogens is 203 g/mol. The summed E-state index contributed by atoms with van der Waals surface area (Å²) in [6.45, 7) is 0. The molecule has 1 N–H and O–H groups in total. The summed E-state index contributed by atoms with van der Waals surface area (Å²) < 4.78 is 33.5. The minimum atomic E-state index is -4.22. The van der Waals surface area contributed by atoms with Crippen molar-refractivity contribution in [3.63, 3.8) is 0 Å². The summed E-state index contributed by atoms with van der Waals surface area (Å²) in [6, 6.07) is 1.07. The predicted octanol–water partition coefficient (Wildman–Crippen LogP) is -1.70. The number of hydrogen-bond acceptors (Lipinski definition) is 3. The zero-order chi connectivity index (χ0) is 7.78. The Balaban J connectivity index is 0. The first-order valence-corrected chi connectivity index (χ1v) is 4.04. The average Bonchev–Trinajstić information content (AvgIpc) is 2.11. The molecular formula is C4H4ClNaO4S. The van der Waals surface area contributed by atoms with Gasteiger partial charge in [0.2, 0.25) is 5.22 Å². The molecule has 1 aromatic heterocycles. The van der Waals surface area contributed by atoms with Crippen LogP contribution in [0.3, 0.4) is 0 Å². The zero-order valence-corrected chi connectivity index (χ0v) is 9.19. The summed E-state index contributed by atoms with van der Waals surface area (Å²) in [6.07, 6.45) is 1.07. The standard InChI is InChI=1S/C4H3ClO4S.Na.H/c5-4-3(1-2-9-4)10(6,7)8;;/h1-2H,(H,6,7,8);;/q;+1;-1. The van der Waals surface area contributed by atoms with E-state index in [0.29, 0.717) is 0 Å². The Morgan fingerprint density at radius 3 is 2.36 bits per heavy atom. The molecule has 0 amide bonds. The van der Waals surface area contributed by atoms with E-state index < -0.39 is 15.0 Å². The first-order chi connectivity index (χ1) is 4.52. The van der Waals surface area contributed by atoms with E-state index in [1.807, 2.05) is 0 Å². The third-order valence-electron chi connectivity index (χ3n) is 0.863. The number of hydrogen-bond donors (Lipinski definition) is 1. The summed E-state index contributed by atoms with van der Waals surface area (Å²) >= 11 is 5.22. The molecule has 1 aromatic rings. The van der Waals surface area contributed by atoms with Gasteiger partial charge < -0.3 is 5.84 Å². The molecule has 1 rings (SSSR count). The van der Waals surface area contributed by atoms with Crippen molar-refractivity contribution in [2.45, 2.75) is 4.90 Å². The molecule has 0 spiro atoms. The van der Waals surface area contributed by atoms with Crippen LogP contribution in [0.4, 0.5) is 0 Å². The molecule has 0 aromatic carbocycles. The van der Waals surface area contributed by atoms with Crippen LogP contribution in [-0.2, 0) is 10.1 Å². The molecule has 0 saturated carbocycles. The fourth-order valence-electron chi connectivity index (χ4n) is 0.467. The van der Waals surface area contributed by atoms with Crippen LogP contribution in [0.1, 0.15) is 1.43 Å². The van der Waals surface area contributed by atoms with Crippen LogP contribution in [0.25, 0.3) is 0 Å². The second kappa shape index (κ2) is 3.93. The van der Waals surface area contributed by atoms with Gasteiger partial charge in [-0.15, -0.1) is 0 Å². The van der Waals surface area contributed by atoms with E-state index in [0.717, 1.165) is 12.3 Å². The maximum absolute atomic E-state index is 10.3. The molecule has 0 radical (unpaired) electrons. The first kappa shape index (κ1) is 11.5. The molecule has 0 aliphatic heterocycles. The first-order valence-electron chi connectivity index (χ1n) is 2.22. The molecule has 4 nitrogen and oxygen atoms in total. The fourth-order valence-corrected chi connectivity index (χ4v) is 1.35. The van der Waals surface area contributed by atoms with Crippen LogP contribution in [0.15, 0.2) is 21.6 Å². The van der Waals surface area contributed by atoms with E-state index >= 15 is 0 Å². The number of furan rings is 1. The summed E-state index contributed by atoms with van der Waals surface area (Å²) in [5, 5.41) is -0.331. The van der Waals surface area contributed by atoms with Crippen LogP contribution in [-0.4, -0.2) is 13.0 Å². The van der Waals surface area contributed by atoms with E-state index in [2.05, 4.69) is 4.42 Å². The summed E-state index contributed by atoms with van der Waals surface area (Å²) in [5.74, 6) is 0. The van der Waals surface area contributed by atoms with Gasteiger partial charge in [0.1, 0.15) is 0 Å². The molecule has 0 saturated heterocycles. The molecule has 0 aliphatic rings. The Morgan fingerprint density at radius 2 is 2.18 bits per heavy atom. The largest absolute Gasteiger partial charge is 1.00 e. The van der Waals surface area contributed by atoms with E-state index in [9.17, 15) is 8.42 Å². The van der Waals surface area contributed by atoms with Crippen molar-refractivity contribution in [2.75, 3.05) is 0 Å². The molecule has 7 heteroatoms. The van der Waals surface area contributed by atoms with Crippen molar-refractivity contribution in [3.8, 4) is 0 Å². The van der Waals surface area contributed by atoms with Gasteiger partial charge in [0.15, 0.2) is 4.90 Å². The average molecular weight is 207 g/mol. The smallest absolute Gasteiger partial charge is 1.00 e. The maximum atomic E-state index is 10.3. The van der Waals surface area contributed by atoms with Gasteiger partial charge in [-0.1, -0.05) is 0 Å². The molecule has 0 fully saturated rings. The van der Waals surface area contributed by atoms with Gasteiger partial charge in [0.05, 0.1) is 6.26 Å².